The Morgan fingerprint density at radius 1 is 0.300 bits per heavy atom. The van der Waals surface area contributed by atoms with Crippen molar-refractivity contribution in [2.75, 3.05) is 0 Å². The number of para-hydroxylation sites is 2. The van der Waals surface area contributed by atoms with Crippen LogP contribution in [0.4, 0.5) is 0 Å². The number of fused-ring (bicyclic) bond motifs is 8. The van der Waals surface area contributed by atoms with E-state index in [4.69, 9.17) is 9.97 Å². The van der Waals surface area contributed by atoms with E-state index in [0.717, 1.165) is 76.4 Å². The fourth-order valence-electron chi connectivity index (χ4n) is 6.77. The van der Waals surface area contributed by atoms with Gasteiger partial charge in [-0.05, 0) is 68.7 Å². The normalized spacial score (nSPS) is 11.6. The lowest BCUT2D eigenvalue weighted by atomic mass is 9.92. The van der Waals surface area contributed by atoms with E-state index in [-0.39, 0.29) is 0 Å². The van der Waals surface area contributed by atoms with Crippen LogP contribution in [0.1, 0.15) is 0 Å². The number of benzene rings is 6. The summed E-state index contributed by atoms with van der Waals surface area (Å²) < 4.78 is 0. The van der Waals surface area contributed by atoms with E-state index in [1.54, 1.807) is 12.7 Å². The van der Waals surface area contributed by atoms with Gasteiger partial charge in [-0.3, -0.25) is 9.97 Å². The SMILES string of the molecule is c1ccc2ncc(-c3ncnc(-c4ccc5c6ccc(-c7ncnc(-c8cnc9ccccc9c8)n7)cc6c6ccccc6c5c4)n3)cc2c1. The molecule has 4 heterocycles. The molecule has 0 N–H and O–H groups in total. The summed E-state index contributed by atoms with van der Waals surface area (Å²) in [6.45, 7) is 0. The van der Waals surface area contributed by atoms with Crippen molar-refractivity contribution in [1.29, 1.82) is 0 Å². The molecule has 0 aliphatic rings. The van der Waals surface area contributed by atoms with Crippen molar-refractivity contribution < 1.29 is 0 Å². The molecule has 0 unspecified atom stereocenters. The van der Waals surface area contributed by atoms with Crippen molar-refractivity contribution in [3.8, 4) is 45.6 Å². The largest absolute Gasteiger partial charge is 0.255 e. The third-order valence-electron chi connectivity index (χ3n) is 9.19. The van der Waals surface area contributed by atoms with Gasteiger partial charge in [-0.25, -0.2) is 29.9 Å². The molecular weight excluding hydrogens is 617 g/mol. The average Bonchev–Trinajstić information content (AvgIpc) is 3.20. The van der Waals surface area contributed by atoms with Gasteiger partial charge < -0.3 is 0 Å². The molecule has 10 rings (SSSR count). The van der Waals surface area contributed by atoms with Crippen LogP contribution in [-0.2, 0) is 0 Å². The molecule has 50 heavy (non-hydrogen) atoms. The van der Waals surface area contributed by atoms with Crippen LogP contribution in [-0.4, -0.2) is 39.9 Å². The molecule has 10 aromatic rings. The van der Waals surface area contributed by atoms with E-state index in [1.807, 2.05) is 60.9 Å². The van der Waals surface area contributed by atoms with Crippen LogP contribution < -0.4 is 0 Å². The van der Waals surface area contributed by atoms with Crippen LogP contribution >= 0.6 is 0 Å². The summed E-state index contributed by atoms with van der Waals surface area (Å²) in [6, 6.07) is 41.5. The van der Waals surface area contributed by atoms with E-state index in [1.165, 1.54) is 0 Å². The van der Waals surface area contributed by atoms with Crippen LogP contribution in [0.5, 0.6) is 0 Å². The Bertz CT molecular complexity index is 2740. The molecule has 0 bridgehead atoms. The fourth-order valence-corrected chi connectivity index (χ4v) is 6.77. The molecule has 8 nitrogen and oxygen atoms in total. The van der Waals surface area contributed by atoms with E-state index >= 15 is 0 Å². The highest BCUT2D eigenvalue weighted by Gasteiger charge is 2.15. The number of rotatable bonds is 4. The second-order valence-corrected chi connectivity index (χ2v) is 12.2. The van der Waals surface area contributed by atoms with Crippen LogP contribution in [0, 0.1) is 0 Å². The van der Waals surface area contributed by atoms with E-state index in [2.05, 4.69) is 103 Å². The summed E-state index contributed by atoms with van der Waals surface area (Å²) in [7, 11) is 0. The molecular formula is C42H24N8. The number of hydrogen-bond donors (Lipinski definition) is 0. The van der Waals surface area contributed by atoms with E-state index in [9.17, 15) is 0 Å². The van der Waals surface area contributed by atoms with Crippen LogP contribution in [0.25, 0.3) is 99.7 Å². The molecule has 0 saturated carbocycles. The zero-order valence-corrected chi connectivity index (χ0v) is 26.4. The number of hydrogen-bond acceptors (Lipinski definition) is 8. The summed E-state index contributed by atoms with van der Waals surface area (Å²) in [5.74, 6) is 2.39. The molecule has 8 heteroatoms. The van der Waals surface area contributed by atoms with Crippen molar-refractivity contribution in [2.24, 2.45) is 0 Å². The lowest BCUT2D eigenvalue weighted by Gasteiger charge is -2.13. The summed E-state index contributed by atoms with van der Waals surface area (Å²) in [5.41, 5.74) is 5.39. The molecule has 0 saturated heterocycles. The lowest BCUT2D eigenvalue weighted by molar-refractivity contribution is 1.06. The zero-order chi connectivity index (χ0) is 33.0. The quantitative estimate of drug-likeness (QED) is 0.175. The lowest BCUT2D eigenvalue weighted by Crippen LogP contribution is -1.96. The van der Waals surface area contributed by atoms with Crippen LogP contribution in [0.3, 0.4) is 0 Å². The van der Waals surface area contributed by atoms with Gasteiger partial charge in [0.1, 0.15) is 12.7 Å². The van der Waals surface area contributed by atoms with E-state index < -0.39 is 0 Å². The third-order valence-corrected chi connectivity index (χ3v) is 9.19. The maximum Gasteiger partial charge on any atom is 0.164 e. The van der Waals surface area contributed by atoms with Gasteiger partial charge >= 0.3 is 0 Å². The Morgan fingerprint density at radius 2 is 0.700 bits per heavy atom. The maximum atomic E-state index is 4.87. The molecule has 232 valence electrons. The Morgan fingerprint density at radius 3 is 1.18 bits per heavy atom. The van der Waals surface area contributed by atoms with Gasteiger partial charge in [0, 0.05) is 45.4 Å². The van der Waals surface area contributed by atoms with Crippen molar-refractivity contribution in [3.05, 3.63) is 146 Å². The molecule has 0 amide bonds. The highest BCUT2D eigenvalue weighted by atomic mass is 15.0. The van der Waals surface area contributed by atoms with Gasteiger partial charge in [0.05, 0.1) is 11.0 Å². The second-order valence-electron chi connectivity index (χ2n) is 12.2. The number of pyridine rings is 2. The van der Waals surface area contributed by atoms with Crippen molar-refractivity contribution in [2.45, 2.75) is 0 Å². The minimum Gasteiger partial charge on any atom is -0.255 e. The highest BCUT2D eigenvalue weighted by molar-refractivity contribution is 6.26. The first-order valence-electron chi connectivity index (χ1n) is 16.2. The molecule has 0 fully saturated rings. The minimum absolute atomic E-state index is 0.586. The van der Waals surface area contributed by atoms with Crippen LogP contribution in [0.15, 0.2) is 146 Å². The van der Waals surface area contributed by atoms with Crippen LogP contribution in [0.2, 0.25) is 0 Å². The second kappa shape index (κ2) is 11.3. The van der Waals surface area contributed by atoms with Gasteiger partial charge in [-0.1, -0.05) is 84.9 Å². The fraction of sp³-hybridized carbons (Fsp3) is 0. The Kier molecular flexibility index (Phi) is 6.32. The summed E-state index contributed by atoms with van der Waals surface area (Å²) >= 11 is 0. The maximum absolute atomic E-state index is 4.87. The standard InChI is InChI=1S/C42H24N8/c1-5-11-37-25(7-1)17-29(21-43-37)41-47-23-45-39(49-41)27-13-15-33-34-16-14-28(20-36(34)32-10-4-3-9-31(32)35(33)19-27)40-46-24-48-42(50-40)30-18-26-8-2-6-12-38(26)44-22-30/h1-24H. The molecule has 4 aromatic heterocycles. The molecule has 0 aliphatic heterocycles. The molecule has 0 atom stereocenters. The van der Waals surface area contributed by atoms with Gasteiger partial charge in [0.15, 0.2) is 23.3 Å². The van der Waals surface area contributed by atoms with Gasteiger partial charge in [0.25, 0.3) is 0 Å². The Hall–Kier alpha value is -7.06. The summed E-state index contributed by atoms with van der Waals surface area (Å²) in [6.07, 6.45) is 6.77. The highest BCUT2D eigenvalue weighted by Crippen LogP contribution is 2.38. The number of aromatic nitrogens is 8. The monoisotopic (exact) mass is 640 g/mol. The van der Waals surface area contributed by atoms with Gasteiger partial charge in [-0.2, -0.15) is 0 Å². The summed E-state index contributed by atoms with van der Waals surface area (Å²) in [4.78, 5) is 37.1. The average molecular weight is 641 g/mol. The first-order valence-corrected chi connectivity index (χ1v) is 16.2. The predicted molar refractivity (Wildman–Crippen MR) is 198 cm³/mol. The van der Waals surface area contributed by atoms with Crippen molar-refractivity contribution in [1.82, 2.24) is 39.9 Å². The van der Waals surface area contributed by atoms with E-state index in [0.29, 0.717) is 23.3 Å². The Balaban J connectivity index is 1.07. The molecule has 6 aromatic carbocycles. The van der Waals surface area contributed by atoms with Crippen molar-refractivity contribution >= 4 is 54.1 Å². The van der Waals surface area contributed by atoms with Gasteiger partial charge in [0.2, 0.25) is 0 Å². The van der Waals surface area contributed by atoms with Gasteiger partial charge in [-0.15, -0.1) is 0 Å². The third kappa shape index (κ3) is 4.70. The summed E-state index contributed by atoms with van der Waals surface area (Å²) in [5, 5.41) is 8.88. The van der Waals surface area contributed by atoms with Crippen molar-refractivity contribution in [3.63, 3.8) is 0 Å². The molecule has 0 aliphatic carbocycles. The smallest absolute Gasteiger partial charge is 0.164 e. The Labute approximate surface area is 285 Å². The minimum atomic E-state index is 0.586. The first kappa shape index (κ1) is 28.0. The first-order chi connectivity index (χ1) is 24.7. The number of nitrogens with zero attached hydrogens (tertiary/aromatic N) is 8. The topological polar surface area (TPSA) is 103 Å². The zero-order valence-electron chi connectivity index (χ0n) is 26.4. The molecule has 0 spiro atoms. The predicted octanol–water partition coefficient (Wildman–Crippen LogP) is 9.28. The molecule has 0 radical (unpaired) electrons.